The Labute approximate surface area is 880 Å². The van der Waals surface area contributed by atoms with E-state index in [2.05, 4.69) is 224 Å². The van der Waals surface area contributed by atoms with Gasteiger partial charge in [-0.3, -0.25) is 24.1 Å². The summed E-state index contributed by atoms with van der Waals surface area (Å²) in [6.45, 7) is 77.6. The Kier molecular flexibility index (Phi) is 53.0. The first-order chi connectivity index (χ1) is 68.9. The fourth-order valence-electron chi connectivity index (χ4n) is 17.2. The van der Waals surface area contributed by atoms with Crippen molar-refractivity contribution in [2.75, 3.05) is 49.7 Å². The lowest BCUT2D eigenvalue weighted by molar-refractivity contribution is -0.445. The second kappa shape index (κ2) is 60.3. The summed E-state index contributed by atoms with van der Waals surface area (Å²) in [6, 6.07) is 67.4. The Morgan fingerprint density at radius 2 is 0.392 bits per heavy atom. The lowest BCUT2D eigenvalue weighted by Gasteiger charge is -2.27. The van der Waals surface area contributed by atoms with Gasteiger partial charge in [0.2, 0.25) is 7.05 Å². The fraction of sp³-hybridized carbons (Fsp3) is 0.419. The molecule has 7 unspecified atom stereocenters. The van der Waals surface area contributed by atoms with Gasteiger partial charge >= 0.3 is 53.7 Å². The minimum atomic E-state index is -0.500. The highest BCUT2D eigenvalue weighted by atomic mass is 19.1. The summed E-state index contributed by atoms with van der Waals surface area (Å²) in [4.78, 5) is 112. The molecule has 8 aromatic carbocycles. The van der Waals surface area contributed by atoms with Crippen LogP contribution in [0.5, 0.6) is 0 Å². The monoisotopic (exact) mass is 2030 g/mol. The Bertz CT molecular complexity index is 5060. The maximum Gasteiger partial charge on any atom is 0.333 e. The minimum Gasteiger partial charge on any atom is -0.469 e. The Morgan fingerprint density at radius 1 is 0.291 bits per heavy atom. The molecule has 0 saturated heterocycles. The minimum absolute atomic E-state index is 0.0468. The number of carbonyl (C=O) groups is 9. The number of ether oxygens (including phenoxy) is 10. The highest BCUT2D eigenvalue weighted by Gasteiger charge is 2.48. The third-order valence-electron chi connectivity index (χ3n) is 24.4. The van der Waals surface area contributed by atoms with Gasteiger partial charge in [0.1, 0.15) is 42.7 Å². The first-order valence-corrected chi connectivity index (χ1v) is 48.7. The highest BCUT2D eigenvalue weighted by molar-refractivity contribution is 5.90. The summed E-state index contributed by atoms with van der Waals surface area (Å²) in [7, 11) is 8.75. The van der Waals surface area contributed by atoms with Crippen LogP contribution < -0.4 is 0 Å². The van der Waals surface area contributed by atoms with E-state index in [4.69, 9.17) is 49.8 Å². The van der Waals surface area contributed by atoms with E-state index in [1.165, 1.54) is 79.6 Å². The van der Waals surface area contributed by atoms with Crippen molar-refractivity contribution in [3.63, 3.8) is 0 Å². The van der Waals surface area contributed by atoms with Gasteiger partial charge in [-0.2, -0.15) is 0 Å². The predicted octanol–water partition coefficient (Wildman–Crippen LogP) is 27.6. The molecule has 0 fully saturated rings. The molecule has 800 valence electrons. The summed E-state index contributed by atoms with van der Waals surface area (Å²) in [6.07, 6.45) is 5.44. The van der Waals surface area contributed by atoms with E-state index >= 15 is 0 Å². The number of nitrogens with zero attached hydrogens (tertiary/aromatic N) is 2. The molecule has 7 atom stereocenters. The molecule has 0 spiro atoms. The summed E-state index contributed by atoms with van der Waals surface area (Å²) in [5.41, 5.74) is 21.0. The molecule has 0 heterocycles. The molecular weight excluding hydrogens is 1870 g/mol. The predicted molar refractivity (Wildman–Crippen MR) is 585 cm³/mol. The van der Waals surface area contributed by atoms with Gasteiger partial charge in [0.15, 0.2) is 7.05 Å². The van der Waals surface area contributed by atoms with Gasteiger partial charge in [0, 0.05) is 110 Å². The van der Waals surface area contributed by atoms with Crippen molar-refractivity contribution in [1.82, 2.24) is 0 Å². The zero-order valence-electron chi connectivity index (χ0n) is 93.3. The summed E-state index contributed by atoms with van der Waals surface area (Å²) >= 11 is 0. The molecular formula is C124H161FN2O21. The van der Waals surface area contributed by atoms with Crippen molar-refractivity contribution in [2.45, 2.75) is 254 Å². The molecule has 0 N–H and O–H groups in total. The number of halogens is 1. The number of nitro groups is 1. The topological polar surface area (TPSA) is 293 Å². The molecule has 0 amide bonds. The van der Waals surface area contributed by atoms with Crippen molar-refractivity contribution >= 4 is 53.7 Å². The number of rotatable bonds is 14. The second-order valence-electron chi connectivity index (χ2n) is 42.1. The third-order valence-corrected chi connectivity index (χ3v) is 24.4. The molecule has 7 aliphatic carbocycles. The Hall–Kier alpha value is -14.1. The fourth-order valence-corrected chi connectivity index (χ4v) is 17.2. The van der Waals surface area contributed by atoms with Crippen LogP contribution >= 0.6 is 0 Å². The molecule has 8 aromatic rings. The number of esters is 9. The van der Waals surface area contributed by atoms with Crippen LogP contribution in [-0.2, 0) is 135 Å². The van der Waals surface area contributed by atoms with Crippen molar-refractivity contribution in [3.8, 4) is 0 Å². The van der Waals surface area contributed by atoms with Gasteiger partial charge in [-0.05, 0) is 178 Å². The average molecular weight is 2030 g/mol. The number of fused-ring (bicyclic) bond motifs is 7. The number of methoxy groups -OCH3 is 3. The summed E-state index contributed by atoms with van der Waals surface area (Å²) in [5.74, 6) is -2.63. The molecule has 0 bridgehead atoms. The lowest BCUT2D eigenvalue weighted by atomic mass is 9.87. The van der Waals surface area contributed by atoms with E-state index in [-0.39, 0.29) is 134 Å². The van der Waals surface area contributed by atoms with Crippen molar-refractivity contribution in [1.29, 1.82) is 0 Å². The van der Waals surface area contributed by atoms with Crippen LogP contribution in [0.1, 0.15) is 285 Å². The van der Waals surface area contributed by atoms with E-state index in [0.717, 1.165) is 90.9 Å². The largest absolute Gasteiger partial charge is 0.469 e. The number of benzene rings is 8. The van der Waals surface area contributed by atoms with Gasteiger partial charge in [-0.25, -0.2) is 40.1 Å². The van der Waals surface area contributed by atoms with Crippen LogP contribution in [-0.4, -0.2) is 108 Å². The van der Waals surface area contributed by atoms with Crippen LogP contribution in [0.3, 0.4) is 0 Å². The molecule has 15 rings (SSSR count). The van der Waals surface area contributed by atoms with E-state index in [9.17, 15) is 47.5 Å². The molecule has 0 aliphatic heterocycles. The molecule has 148 heavy (non-hydrogen) atoms. The van der Waals surface area contributed by atoms with Crippen molar-refractivity contribution in [2.24, 2.45) is 37.9 Å². The van der Waals surface area contributed by atoms with Gasteiger partial charge in [0.05, 0.1) is 21.4 Å². The Balaban J connectivity index is 0.000000558. The van der Waals surface area contributed by atoms with E-state index in [1.54, 1.807) is 62.7 Å². The average Bonchev–Trinajstić information content (AvgIpc) is 1.67. The van der Waals surface area contributed by atoms with Gasteiger partial charge in [-0.15, -0.1) is 0 Å². The molecule has 7 aliphatic rings. The molecule has 0 radical (unpaired) electrons. The first-order valence-electron chi connectivity index (χ1n) is 48.7. The van der Waals surface area contributed by atoms with E-state index in [1.807, 2.05) is 146 Å². The van der Waals surface area contributed by atoms with Gasteiger partial charge in [-0.1, -0.05) is 349 Å². The van der Waals surface area contributed by atoms with Crippen LogP contribution in [0.2, 0.25) is 0 Å². The smallest absolute Gasteiger partial charge is 0.333 e. The van der Waals surface area contributed by atoms with Crippen LogP contribution in [0.4, 0.5) is 4.39 Å². The molecule has 0 aromatic heterocycles. The summed E-state index contributed by atoms with van der Waals surface area (Å²) < 4.78 is 61.0. The van der Waals surface area contributed by atoms with Gasteiger partial charge in [0.25, 0.3) is 0 Å². The number of alkyl halides is 1. The summed E-state index contributed by atoms with van der Waals surface area (Å²) in [5, 5.41) is 8.81. The van der Waals surface area contributed by atoms with E-state index < -0.39 is 4.92 Å². The Morgan fingerprint density at radius 3 is 0.480 bits per heavy atom. The second-order valence-corrected chi connectivity index (χ2v) is 42.1. The SMILES string of the molecule is C=C(C)C(=O)OC1c2ccccc2CC1(C)C.C=C(C)C(=O)OC1c2ccccc2CC1(C)C.C=C(C)C(=O)OC1c2ccccc2CC1(C)C.C=C(C)C(=O)OC1c2ccccc2CC1(C)C.C=C(C)C(=O)OC1c2ccccc2CC1(C)C.C=C(C)C(=O)OC1c2ccccc2CC1(C)C.C=C(C)C(=O)OC1c2ccccc2CC1(C)C.CF.COC.COC(C)=O.COC(C)=O.C[N+](=O)[O-].Cc1ccccc1.[C-]#[N+]C. The zero-order valence-corrected chi connectivity index (χ0v) is 93.3. The molecule has 23 nitrogen and oxygen atoms in total. The number of carbonyl (C=O) groups excluding carboxylic acids is 9. The molecule has 0 saturated carbocycles. The number of aryl methyl sites for hydroxylation is 1. The van der Waals surface area contributed by atoms with Crippen LogP contribution in [0.25, 0.3) is 4.85 Å². The normalized spacial score (nSPS) is 18.0. The maximum absolute atomic E-state index is 11.7. The van der Waals surface area contributed by atoms with E-state index in [0.29, 0.717) is 46.2 Å². The van der Waals surface area contributed by atoms with Crippen molar-refractivity contribution < 1.29 is 99.8 Å². The quantitative estimate of drug-likeness (QED) is 0.0244. The number of hydrogen-bond donors (Lipinski definition) is 0. The standard InChI is InChI=1S/7C15H18O2.C7H8.2C3H6O2.C2H3N.C2H6O.CH3F.CH3NO2/c7*1-10(2)14(16)17-13-12-8-6-5-7-11(12)9-15(13,3)4;1-7-5-3-2-4-6-7;2*1-3(4)5-2;2*1-3-2;1-2;1-2(3)4/h7*5-8,13H,1,9H2,2-4H3;2-6H,1H3;2*1-2H3;1H3;1-2H3;1H3;1H3. The third kappa shape index (κ3) is 40.6. The maximum atomic E-state index is 11.7. The van der Waals surface area contributed by atoms with Crippen LogP contribution in [0, 0.1) is 61.5 Å². The van der Waals surface area contributed by atoms with Gasteiger partial charge < -0.3 is 52.2 Å². The van der Waals surface area contributed by atoms with Crippen LogP contribution in [0.15, 0.2) is 285 Å². The zero-order chi connectivity index (χ0) is 113. The number of hydrogen-bond acceptors (Lipinski definition) is 21. The lowest BCUT2D eigenvalue weighted by Crippen LogP contribution is -2.23. The molecule has 24 heteroatoms. The van der Waals surface area contributed by atoms with Crippen molar-refractivity contribution in [3.05, 3.63) is 390 Å². The highest BCUT2D eigenvalue weighted by Crippen LogP contribution is 2.54. The first kappa shape index (κ1) is 130.